The topological polar surface area (TPSA) is 105 Å². The number of thiazole rings is 1. The minimum atomic E-state index is -3.79. The minimum absolute atomic E-state index is 0.0145. The zero-order chi connectivity index (χ0) is 17.9. The normalized spacial score (nSPS) is 16.6. The molecule has 3 rings (SSSR count). The Morgan fingerprint density at radius 2 is 1.52 bits per heavy atom. The zero-order valence-electron chi connectivity index (χ0n) is 13.4. The fraction of sp³-hybridized carbons (Fsp3) is 0.400. The Kier molecular flexibility index (Phi) is 5.42. The Hall–Kier alpha value is -1.49. The van der Waals surface area contributed by atoms with E-state index in [9.17, 15) is 16.8 Å². The second-order valence-corrected chi connectivity index (χ2v) is 10.2. The van der Waals surface area contributed by atoms with Gasteiger partial charge in [-0.3, -0.25) is 4.72 Å². The van der Waals surface area contributed by atoms with Crippen LogP contribution in [0.1, 0.15) is 32.1 Å². The molecule has 1 aromatic carbocycles. The van der Waals surface area contributed by atoms with Gasteiger partial charge in [-0.2, -0.15) is 0 Å². The fourth-order valence-corrected chi connectivity index (χ4v) is 5.85. The highest BCUT2D eigenvalue weighted by atomic mass is 32.2. The zero-order valence-corrected chi connectivity index (χ0v) is 15.8. The van der Waals surface area contributed by atoms with Crippen molar-refractivity contribution in [2.75, 3.05) is 4.72 Å². The van der Waals surface area contributed by atoms with Gasteiger partial charge >= 0.3 is 0 Å². The predicted molar refractivity (Wildman–Crippen MR) is 96.6 cm³/mol. The molecule has 0 bridgehead atoms. The molecule has 2 N–H and O–H groups in total. The van der Waals surface area contributed by atoms with Crippen LogP contribution in [0.3, 0.4) is 0 Å². The van der Waals surface area contributed by atoms with E-state index >= 15 is 0 Å². The van der Waals surface area contributed by atoms with E-state index in [0.29, 0.717) is 0 Å². The van der Waals surface area contributed by atoms with E-state index in [1.807, 2.05) is 0 Å². The van der Waals surface area contributed by atoms with E-state index in [0.717, 1.165) is 43.4 Å². The predicted octanol–water partition coefficient (Wildman–Crippen LogP) is 2.55. The lowest BCUT2D eigenvalue weighted by molar-refractivity contribution is 0.412. The first-order valence-corrected chi connectivity index (χ1v) is 11.8. The Morgan fingerprint density at radius 3 is 2.08 bits per heavy atom. The highest BCUT2D eigenvalue weighted by molar-refractivity contribution is 7.93. The standard InChI is InChI=1S/C15H19N3O4S3/c19-24(20,17-12-4-2-1-3-5-12)13-6-8-14(9-7-13)25(21,22)18-15-16-10-11-23-15/h6-12,17H,1-5H2,(H,16,18). The Morgan fingerprint density at radius 1 is 0.920 bits per heavy atom. The first kappa shape index (κ1) is 18.3. The van der Waals surface area contributed by atoms with Crippen molar-refractivity contribution in [3.05, 3.63) is 35.8 Å². The Labute approximate surface area is 151 Å². The quantitative estimate of drug-likeness (QED) is 0.774. The molecule has 1 fully saturated rings. The highest BCUT2D eigenvalue weighted by Crippen LogP contribution is 2.22. The second-order valence-electron chi connectivity index (χ2n) is 5.87. The number of sulfonamides is 2. The molecular weight excluding hydrogens is 382 g/mol. The maximum Gasteiger partial charge on any atom is 0.263 e. The number of benzene rings is 1. The molecule has 0 unspecified atom stereocenters. The van der Waals surface area contributed by atoms with Crippen LogP contribution in [0.5, 0.6) is 0 Å². The summed E-state index contributed by atoms with van der Waals surface area (Å²) in [5.74, 6) is 0. The smallest absolute Gasteiger partial charge is 0.255 e. The molecule has 10 heteroatoms. The van der Waals surface area contributed by atoms with E-state index in [1.54, 1.807) is 5.38 Å². The van der Waals surface area contributed by atoms with Crippen molar-refractivity contribution < 1.29 is 16.8 Å². The molecule has 0 aliphatic heterocycles. The monoisotopic (exact) mass is 401 g/mol. The number of nitrogens with one attached hydrogen (secondary N) is 2. The van der Waals surface area contributed by atoms with Crippen molar-refractivity contribution in [2.24, 2.45) is 0 Å². The van der Waals surface area contributed by atoms with E-state index in [2.05, 4.69) is 14.4 Å². The van der Waals surface area contributed by atoms with Crippen molar-refractivity contribution in [3.63, 3.8) is 0 Å². The van der Waals surface area contributed by atoms with Crippen LogP contribution in [-0.4, -0.2) is 27.9 Å². The third-order valence-corrected chi connectivity index (χ3v) is 7.73. The lowest BCUT2D eigenvalue weighted by atomic mass is 9.96. The van der Waals surface area contributed by atoms with Crippen LogP contribution in [0.2, 0.25) is 0 Å². The van der Waals surface area contributed by atoms with Crippen LogP contribution in [0, 0.1) is 0 Å². The van der Waals surface area contributed by atoms with Crippen LogP contribution in [-0.2, 0) is 20.0 Å². The number of aromatic nitrogens is 1. The van der Waals surface area contributed by atoms with Gasteiger partial charge in [-0.25, -0.2) is 26.5 Å². The van der Waals surface area contributed by atoms with Crippen molar-refractivity contribution >= 4 is 36.5 Å². The van der Waals surface area contributed by atoms with Gasteiger partial charge in [-0.15, -0.1) is 11.3 Å². The molecule has 0 saturated heterocycles. The number of nitrogens with zero attached hydrogens (tertiary/aromatic N) is 1. The van der Waals surface area contributed by atoms with E-state index in [4.69, 9.17) is 0 Å². The van der Waals surface area contributed by atoms with Gasteiger partial charge in [0, 0.05) is 17.6 Å². The molecule has 1 saturated carbocycles. The number of hydrogen-bond acceptors (Lipinski definition) is 6. The summed E-state index contributed by atoms with van der Waals surface area (Å²) in [5, 5.41) is 1.92. The summed E-state index contributed by atoms with van der Waals surface area (Å²) in [5.41, 5.74) is 0. The molecular formula is C15H19N3O4S3. The summed E-state index contributed by atoms with van der Waals surface area (Å²) in [6.07, 6.45) is 6.35. The van der Waals surface area contributed by atoms with Crippen LogP contribution >= 0.6 is 11.3 Å². The summed E-state index contributed by atoms with van der Waals surface area (Å²) in [4.78, 5) is 3.92. The van der Waals surface area contributed by atoms with E-state index in [-0.39, 0.29) is 21.0 Å². The van der Waals surface area contributed by atoms with Crippen molar-refractivity contribution in [2.45, 2.75) is 47.9 Å². The van der Waals surface area contributed by atoms with Gasteiger partial charge in [0.2, 0.25) is 10.0 Å². The molecule has 0 radical (unpaired) electrons. The SMILES string of the molecule is O=S(=O)(Nc1nccs1)c1ccc(S(=O)(=O)NC2CCCCC2)cc1. The summed E-state index contributed by atoms with van der Waals surface area (Å²) in [6, 6.07) is 5.13. The number of anilines is 1. The lowest BCUT2D eigenvalue weighted by Gasteiger charge is -2.22. The largest absolute Gasteiger partial charge is 0.263 e. The molecule has 7 nitrogen and oxygen atoms in total. The molecule has 136 valence electrons. The van der Waals surface area contributed by atoms with Crippen molar-refractivity contribution in [1.29, 1.82) is 0 Å². The van der Waals surface area contributed by atoms with Gasteiger partial charge in [-0.1, -0.05) is 19.3 Å². The maximum atomic E-state index is 12.4. The summed E-state index contributed by atoms with van der Waals surface area (Å²) in [7, 11) is -7.44. The van der Waals surface area contributed by atoms with Crippen LogP contribution in [0.15, 0.2) is 45.6 Å². The second kappa shape index (κ2) is 7.40. The molecule has 0 spiro atoms. The Bertz CT molecular complexity index is 901. The average Bonchev–Trinajstić information content (AvgIpc) is 3.08. The third-order valence-electron chi connectivity index (χ3n) is 4.03. The first-order chi connectivity index (χ1) is 11.9. The van der Waals surface area contributed by atoms with Crippen molar-refractivity contribution in [1.82, 2.24) is 9.71 Å². The first-order valence-electron chi connectivity index (χ1n) is 7.91. The van der Waals surface area contributed by atoms with Crippen molar-refractivity contribution in [3.8, 4) is 0 Å². The number of rotatable bonds is 6. The van der Waals surface area contributed by atoms with Crippen LogP contribution in [0.25, 0.3) is 0 Å². The highest BCUT2D eigenvalue weighted by Gasteiger charge is 2.23. The van der Waals surface area contributed by atoms with E-state index < -0.39 is 20.0 Å². The number of hydrogen-bond donors (Lipinski definition) is 2. The molecule has 1 aliphatic carbocycles. The Balaban J connectivity index is 1.74. The van der Waals surface area contributed by atoms with Gasteiger partial charge in [0.1, 0.15) is 0 Å². The average molecular weight is 402 g/mol. The molecule has 1 aromatic heterocycles. The van der Waals surface area contributed by atoms with Gasteiger partial charge < -0.3 is 0 Å². The van der Waals surface area contributed by atoms with Crippen LogP contribution in [0.4, 0.5) is 5.13 Å². The van der Waals surface area contributed by atoms with E-state index in [1.165, 1.54) is 30.5 Å². The molecule has 1 aliphatic rings. The summed E-state index contributed by atoms with van der Waals surface area (Å²) < 4.78 is 54.5. The summed E-state index contributed by atoms with van der Waals surface area (Å²) >= 11 is 1.16. The van der Waals surface area contributed by atoms with Gasteiger partial charge in [0.25, 0.3) is 10.0 Å². The molecule has 0 amide bonds. The fourth-order valence-electron chi connectivity index (χ4n) is 2.75. The van der Waals surface area contributed by atoms with Gasteiger partial charge in [0.05, 0.1) is 9.79 Å². The molecule has 25 heavy (non-hydrogen) atoms. The van der Waals surface area contributed by atoms with Crippen LogP contribution < -0.4 is 9.44 Å². The molecule has 1 heterocycles. The van der Waals surface area contributed by atoms with Gasteiger partial charge in [0.15, 0.2) is 5.13 Å². The lowest BCUT2D eigenvalue weighted by Crippen LogP contribution is -2.36. The maximum absolute atomic E-state index is 12.4. The molecule has 2 aromatic rings. The minimum Gasteiger partial charge on any atom is -0.255 e. The summed E-state index contributed by atoms with van der Waals surface area (Å²) in [6.45, 7) is 0. The van der Waals surface area contributed by atoms with Gasteiger partial charge in [-0.05, 0) is 37.1 Å². The molecule has 0 atom stereocenters. The third kappa shape index (κ3) is 4.57.